The quantitative estimate of drug-likeness (QED) is 0.695. The number of piperidine rings is 1. The van der Waals surface area contributed by atoms with E-state index in [2.05, 4.69) is 34.7 Å². The van der Waals surface area contributed by atoms with E-state index in [0.717, 1.165) is 17.8 Å². The molecule has 0 radical (unpaired) electrons. The third kappa shape index (κ3) is 4.67. The number of aromatic nitrogens is 2. The fourth-order valence-electron chi connectivity index (χ4n) is 3.74. The van der Waals surface area contributed by atoms with E-state index in [1.54, 1.807) is 22.0 Å². The molecule has 2 N–H and O–H groups in total. The Kier molecular flexibility index (Phi) is 5.83. The molecule has 5 nitrogen and oxygen atoms in total. The lowest BCUT2D eigenvalue weighted by Crippen LogP contribution is -3.11. The van der Waals surface area contributed by atoms with Crippen molar-refractivity contribution in [1.29, 1.82) is 0 Å². The lowest BCUT2D eigenvalue weighted by molar-refractivity contribution is -0.918. The average Bonchev–Trinajstić information content (AvgIpc) is 3.25. The predicted octanol–water partition coefficient (Wildman–Crippen LogP) is 2.37. The molecule has 0 unspecified atom stereocenters. The number of rotatable bonds is 6. The fourth-order valence-corrected chi connectivity index (χ4v) is 3.74. The van der Waals surface area contributed by atoms with E-state index in [0.29, 0.717) is 12.1 Å². The molecule has 0 saturated carbocycles. The topological polar surface area (TPSA) is 51.4 Å². The number of hydrogen-bond donors (Lipinski definition) is 2. The van der Waals surface area contributed by atoms with Crippen LogP contribution in [0.4, 0.5) is 0 Å². The second-order valence-corrected chi connectivity index (χ2v) is 7.50. The SMILES string of the molecule is O=C(NCc1ccc(C[NH+]2CCCCC2)cc1)c1cnn(-c2ccccc2)c1. The van der Waals surface area contributed by atoms with Crippen molar-refractivity contribution < 1.29 is 9.69 Å². The number of quaternary nitrogens is 1. The first-order valence-corrected chi connectivity index (χ1v) is 10.1. The van der Waals surface area contributed by atoms with Gasteiger partial charge in [0.05, 0.1) is 30.5 Å². The minimum absolute atomic E-state index is 0.107. The number of para-hydroxylation sites is 1. The van der Waals surface area contributed by atoms with E-state index in [1.807, 2.05) is 30.3 Å². The highest BCUT2D eigenvalue weighted by Crippen LogP contribution is 2.09. The fraction of sp³-hybridized carbons (Fsp3) is 0.304. The predicted molar refractivity (Wildman–Crippen MR) is 109 cm³/mol. The number of hydrogen-bond acceptors (Lipinski definition) is 2. The molecule has 2 aromatic carbocycles. The van der Waals surface area contributed by atoms with Gasteiger partial charge in [0.25, 0.3) is 5.91 Å². The van der Waals surface area contributed by atoms with Gasteiger partial charge >= 0.3 is 0 Å². The molecule has 1 fully saturated rings. The third-order valence-corrected chi connectivity index (χ3v) is 5.36. The van der Waals surface area contributed by atoms with Crippen LogP contribution in [0.15, 0.2) is 67.0 Å². The Hall–Kier alpha value is -2.92. The van der Waals surface area contributed by atoms with Crippen LogP contribution in [0.3, 0.4) is 0 Å². The van der Waals surface area contributed by atoms with Crippen molar-refractivity contribution in [3.8, 4) is 5.69 Å². The summed E-state index contributed by atoms with van der Waals surface area (Å²) in [7, 11) is 0. The van der Waals surface area contributed by atoms with Crippen LogP contribution in [0.1, 0.15) is 40.7 Å². The van der Waals surface area contributed by atoms with Crippen molar-refractivity contribution in [1.82, 2.24) is 15.1 Å². The van der Waals surface area contributed by atoms with Crippen molar-refractivity contribution in [3.63, 3.8) is 0 Å². The van der Waals surface area contributed by atoms with E-state index in [9.17, 15) is 4.79 Å². The van der Waals surface area contributed by atoms with Crippen LogP contribution < -0.4 is 10.2 Å². The highest BCUT2D eigenvalue weighted by Gasteiger charge is 2.14. The Labute approximate surface area is 166 Å². The molecule has 0 atom stereocenters. The molecule has 1 aliphatic rings. The first-order valence-electron chi connectivity index (χ1n) is 10.1. The van der Waals surface area contributed by atoms with Crippen LogP contribution in [0, 0.1) is 0 Å². The summed E-state index contributed by atoms with van der Waals surface area (Å²) in [4.78, 5) is 14.1. The van der Waals surface area contributed by atoms with Gasteiger partial charge < -0.3 is 10.2 Å². The maximum atomic E-state index is 12.4. The first-order chi connectivity index (χ1) is 13.8. The monoisotopic (exact) mass is 375 g/mol. The number of carbonyl (C=O) groups excluding carboxylic acids is 1. The summed E-state index contributed by atoms with van der Waals surface area (Å²) in [6, 6.07) is 18.4. The van der Waals surface area contributed by atoms with Crippen molar-refractivity contribution in [2.75, 3.05) is 13.1 Å². The summed E-state index contributed by atoms with van der Waals surface area (Å²) in [5.41, 5.74) is 3.99. The maximum absolute atomic E-state index is 12.4. The second kappa shape index (κ2) is 8.85. The van der Waals surface area contributed by atoms with Gasteiger partial charge in [-0.3, -0.25) is 4.79 Å². The van der Waals surface area contributed by atoms with Crippen LogP contribution in [-0.2, 0) is 13.1 Å². The molecule has 3 aromatic rings. The van der Waals surface area contributed by atoms with E-state index in [-0.39, 0.29) is 5.91 Å². The number of amides is 1. The second-order valence-electron chi connectivity index (χ2n) is 7.50. The highest BCUT2D eigenvalue weighted by molar-refractivity contribution is 5.93. The maximum Gasteiger partial charge on any atom is 0.254 e. The Morgan fingerprint density at radius 1 is 0.964 bits per heavy atom. The van der Waals surface area contributed by atoms with Gasteiger partial charge in [-0.25, -0.2) is 4.68 Å². The van der Waals surface area contributed by atoms with Crippen LogP contribution in [0.5, 0.6) is 0 Å². The summed E-state index contributed by atoms with van der Waals surface area (Å²) < 4.78 is 1.71. The van der Waals surface area contributed by atoms with Crippen LogP contribution >= 0.6 is 0 Å². The molecule has 1 aliphatic heterocycles. The number of nitrogens with one attached hydrogen (secondary N) is 2. The molecule has 0 aliphatic carbocycles. The zero-order valence-corrected chi connectivity index (χ0v) is 16.1. The van der Waals surface area contributed by atoms with Crippen molar-refractivity contribution >= 4 is 5.91 Å². The Bertz CT molecular complexity index is 896. The van der Waals surface area contributed by atoms with E-state index in [1.165, 1.54) is 37.9 Å². The smallest absolute Gasteiger partial charge is 0.254 e. The summed E-state index contributed by atoms with van der Waals surface area (Å²) >= 11 is 0. The first kappa shape index (κ1) is 18.4. The number of benzene rings is 2. The summed E-state index contributed by atoms with van der Waals surface area (Å²) in [5, 5.41) is 7.27. The molecule has 1 aromatic heterocycles. The summed E-state index contributed by atoms with van der Waals surface area (Å²) in [6.07, 6.45) is 7.44. The molecule has 2 heterocycles. The normalized spacial score (nSPS) is 14.7. The zero-order chi connectivity index (χ0) is 19.2. The van der Waals surface area contributed by atoms with E-state index >= 15 is 0 Å². The standard InChI is InChI=1S/C23H26N4O/c28-23(21-16-25-27(18-21)22-7-3-1-4-8-22)24-15-19-9-11-20(12-10-19)17-26-13-5-2-6-14-26/h1,3-4,7-12,16,18H,2,5-6,13-15,17H2,(H,24,28)/p+1. The molecule has 0 spiro atoms. The molecule has 28 heavy (non-hydrogen) atoms. The van der Waals surface area contributed by atoms with Crippen molar-refractivity contribution in [2.24, 2.45) is 0 Å². The van der Waals surface area contributed by atoms with Crippen molar-refractivity contribution in [2.45, 2.75) is 32.4 Å². The summed E-state index contributed by atoms with van der Waals surface area (Å²) in [6.45, 7) is 4.19. The van der Waals surface area contributed by atoms with Crippen LogP contribution in [-0.4, -0.2) is 28.8 Å². The molecule has 0 bridgehead atoms. The van der Waals surface area contributed by atoms with Crippen LogP contribution in [0.2, 0.25) is 0 Å². The van der Waals surface area contributed by atoms with Crippen molar-refractivity contribution in [3.05, 3.63) is 83.7 Å². The molecular formula is C23H27N4O+. The molecule has 4 rings (SSSR count). The highest BCUT2D eigenvalue weighted by atomic mass is 16.1. The van der Waals surface area contributed by atoms with Gasteiger partial charge in [0.2, 0.25) is 0 Å². The van der Waals surface area contributed by atoms with Gasteiger partial charge in [0, 0.05) is 18.3 Å². The molecule has 144 valence electrons. The minimum Gasteiger partial charge on any atom is -0.348 e. The molecule has 5 heteroatoms. The average molecular weight is 375 g/mol. The van der Waals surface area contributed by atoms with Gasteiger partial charge in [0.15, 0.2) is 0 Å². The lowest BCUT2D eigenvalue weighted by atomic mass is 10.1. The van der Waals surface area contributed by atoms with Gasteiger partial charge in [0.1, 0.15) is 6.54 Å². The van der Waals surface area contributed by atoms with Gasteiger partial charge in [-0.15, -0.1) is 0 Å². The Balaban J connectivity index is 1.30. The van der Waals surface area contributed by atoms with Crippen LogP contribution in [0.25, 0.3) is 5.69 Å². The van der Waals surface area contributed by atoms with Gasteiger partial charge in [-0.05, 0) is 37.0 Å². The van der Waals surface area contributed by atoms with E-state index in [4.69, 9.17) is 0 Å². The van der Waals surface area contributed by atoms with E-state index < -0.39 is 0 Å². The number of likely N-dealkylation sites (tertiary alicyclic amines) is 1. The lowest BCUT2D eigenvalue weighted by Gasteiger charge is -2.23. The Morgan fingerprint density at radius 3 is 2.43 bits per heavy atom. The minimum atomic E-state index is -0.107. The largest absolute Gasteiger partial charge is 0.348 e. The molecule has 1 amide bonds. The third-order valence-electron chi connectivity index (χ3n) is 5.36. The zero-order valence-electron chi connectivity index (χ0n) is 16.1. The Morgan fingerprint density at radius 2 is 1.68 bits per heavy atom. The number of carbonyl (C=O) groups is 1. The van der Waals surface area contributed by atoms with Gasteiger partial charge in [-0.2, -0.15) is 5.10 Å². The number of nitrogens with zero attached hydrogens (tertiary/aromatic N) is 2. The van der Waals surface area contributed by atoms with Gasteiger partial charge in [-0.1, -0.05) is 42.5 Å². The molecular weight excluding hydrogens is 348 g/mol. The molecule has 1 saturated heterocycles. The summed E-state index contributed by atoms with van der Waals surface area (Å²) in [5.74, 6) is -0.107.